The maximum atomic E-state index is 2.82. The van der Waals surface area contributed by atoms with E-state index in [2.05, 4.69) is 18.7 Å². The van der Waals surface area contributed by atoms with E-state index in [0.717, 1.165) is 17.9 Å². The Morgan fingerprint density at radius 1 is 0.867 bits per heavy atom. The molecule has 0 radical (unpaired) electrons. The lowest BCUT2D eigenvalue weighted by Crippen LogP contribution is -2.35. The van der Waals surface area contributed by atoms with Crippen molar-refractivity contribution in [1.29, 1.82) is 0 Å². The fourth-order valence-corrected chi connectivity index (χ4v) is 3.64. The van der Waals surface area contributed by atoms with Crippen LogP contribution < -0.4 is 0 Å². The van der Waals surface area contributed by atoms with E-state index in [-0.39, 0.29) is 0 Å². The standard InChI is InChI=1S/C14H27N/c1-3-12-10-15(11-13(12)4-2)14-8-6-5-7-9-14/h12-14H,3-11H2,1-2H3. The van der Waals surface area contributed by atoms with Gasteiger partial charge in [-0.2, -0.15) is 0 Å². The number of rotatable bonds is 3. The van der Waals surface area contributed by atoms with E-state index in [1.807, 2.05) is 0 Å². The van der Waals surface area contributed by atoms with Crippen molar-refractivity contribution in [3.63, 3.8) is 0 Å². The number of hydrogen-bond acceptors (Lipinski definition) is 1. The van der Waals surface area contributed by atoms with E-state index in [1.54, 1.807) is 0 Å². The molecule has 1 saturated heterocycles. The van der Waals surface area contributed by atoms with Gasteiger partial charge in [-0.25, -0.2) is 0 Å². The van der Waals surface area contributed by atoms with Gasteiger partial charge in [0.25, 0.3) is 0 Å². The lowest BCUT2D eigenvalue weighted by molar-refractivity contribution is 0.182. The second kappa shape index (κ2) is 5.34. The molecule has 1 nitrogen and oxygen atoms in total. The molecule has 0 spiro atoms. The van der Waals surface area contributed by atoms with Crippen molar-refractivity contribution in [2.45, 2.75) is 64.8 Å². The lowest BCUT2D eigenvalue weighted by atomic mass is 9.92. The van der Waals surface area contributed by atoms with Gasteiger partial charge in [0.05, 0.1) is 0 Å². The van der Waals surface area contributed by atoms with E-state index in [1.165, 1.54) is 58.0 Å². The monoisotopic (exact) mass is 209 g/mol. The van der Waals surface area contributed by atoms with Crippen LogP contribution in [0.4, 0.5) is 0 Å². The van der Waals surface area contributed by atoms with Crippen molar-refractivity contribution in [1.82, 2.24) is 4.90 Å². The third-order valence-corrected chi connectivity index (χ3v) is 4.74. The summed E-state index contributed by atoms with van der Waals surface area (Å²) in [7, 11) is 0. The number of likely N-dealkylation sites (tertiary alicyclic amines) is 1. The molecule has 1 saturated carbocycles. The highest BCUT2D eigenvalue weighted by Crippen LogP contribution is 2.33. The average Bonchev–Trinajstić information content (AvgIpc) is 2.73. The van der Waals surface area contributed by atoms with Gasteiger partial charge in [-0.1, -0.05) is 46.0 Å². The van der Waals surface area contributed by atoms with E-state index >= 15 is 0 Å². The van der Waals surface area contributed by atoms with Crippen LogP contribution in [-0.4, -0.2) is 24.0 Å². The van der Waals surface area contributed by atoms with Crippen LogP contribution in [0.5, 0.6) is 0 Å². The smallest absolute Gasteiger partial charge is 0.00954 e. The van der Waals surface area contributed by atoms with Gasteiger partial charge in [0.2, 0.25) is 0 Å². The predicted octanol–water partition coefficient (Wildman–Crippen LogP) is 3.69. The van der Waals surface area contributed by atoms with Crippen molar-refractivity contribution in [3.05, 3.63) is 0 Å². The second-order valence-corrected chi connectivity index (χ2v) is 5.58. The van der Waals surface area contributed by atoms with Crippen molar-refractivity contribution in [3.8, 4) is 0 Å². The average molecular weight is 209 g/mol. The van der Waals surface area contributed by atoms with Crippen molar-refractivity contribution in [2.24, 2.45) is 11.8 Å². The minimum atomic E-state index is 0.948. The number of hydrogen-bond donors (Lipinski definition) is 0. The molecule has 2 rings (SSSR count). The molecular formula is C14H27N. The van der Waals surface area contributed by atoms with Crippen molar-refractivity contribution >= 4 is 0 Å². The van der Waals surface area contributed by atoms with Crippen LogP contribution in [0.25, 0.3) is 0 Å². The lowest BCUT2D eigenvalue weighted by Gasteiger charge is -2.31. The van der Waals surface area contributed by atoms with Crippen LogP contribution in [-0.2, 0) is 0 Å². The Labute approximate surface area is 95.2 Å². The summed E-state index contributed by atoms with van der Waals surface area (Å²) in [5.74, 6) is 1.99. The van der Waals surface area contributed by atoms with Crippen LogP contribution in [0.1, 0.15) is 58.8 Å². The van der Waals surface area contributed by atoms with Crippen molar-refractivity contribution in [2.75, 3.05) is 13.1 Å². The van der Waals surface area contributed by atoms with Gasteiger partial charge < -0.3 is 0 Å². The summed E-state index contributed by atoms with van der Waals surface area (Å²) in [4.78, 5) is 2.82. The highest BCUT2D eigenvalue weighted by atomic mass is 15.2. The molecule has 2 atom stereocenters. The van der Waals surface area contributed by atoms with E-state index in [9.17, 15) is 0 Å². The Kier molecular flexibility index (Phi) is 4.07. The molecule has 0 aromatic rings. The van der Waals surface area contributed by atoms with E-state index < -0.39 is 0 Å². The highest BCUT2D eigenvalue weighted by molar-refractivity contribution is 4.87. The Bertz CT molecular complexity index is 172. The van der Waals surface area contributed by atoms with Crippen LogP contribution in [0.2, 0.25) is 0 Å². The molecule has 0 amide bonds. The normalized spacial score (nSPS) is 34.8. The Morgan fingerprint density at radius 2 is 1.40 bits per heavy atom. The summed E-state index contributed by atoms with van der Waals surface area (Å²) in [5.41, 5.74) is 0. The molecule has 1 aliphatic heterocycles. The predicted molar refractivity (Wildman–Crippen MR) is 66.0 cm³/mol. The summed E-state index contributed by atoms with van der Waals surface area (Å²) in [6.45, 7) is 7.55. The minimum absolute atomic E-state index is 0.948. The summed E-state index contributed by atoms with van der Waals surface area (Å²) in [6.07, 6.45) is 10.2. The van der Waals surface area contributed by atoms with Crippen LogP contribution in [0.3, 0.4) is 0 Å². The summed E-state index contributed by atoms with van der Waals surface area (Å²) < 4.78 is 0. The zero-order valence-corrected chi connectivity index (χ0v) is 10.5. The Balaban J connectivity index is 1.88. The van der Waals surface area contributed by atoms with Gasteiger partial charge in [-0.05, 0) is 24.7 Å². The van der Waals surface area contributed by atoms with Gasteiger partial charge >= 0.3 is 0 Å². The molecule has 1 heteroatoms. The van der Waals surface area contributed by atoms with Gasteiger partial charge in [0.1, 0.15) is 0 Å². The van der Waals surface area contributed by atoms with Gasteiger partial charge in [0, 0.05) is 19.1 Å². The SMILES string of the molecule is CCC1CN(C2CCCCC2)CC1CC. The van der Waals surface area contributed by atoms with Crippen LogP contribution >= 0.6 is 0 Å². The zero-order chi connectivity index (χ0) is 10.7. The first-order valence-electron chi connectivity index (χ1n) is 7.09. The fraction of sp³-hybridized carbons (Fsp3) is 1.00. The summed E-state index contributed by atoms with van der Waals surface area (Å²) in [6, 6.07) is 0.948. The summed E-state index contributed by atoms with van der Waals surface area (Å²) in [5, 5.41) is 0. The zero-order valence-electron chi connectivity index (χ0n) is 10.5. The first-order valence-corrected chi connectivity index (χ1v) is 7.09. The third-order valence-electron chi connectivity index (χ3n) is 4.74. The Hall–Kier alpha value is -0.0400. The van der Waals surface area contributed by atoms with Gasteiger partial charge in [0.15, 0.2) is 0 Å². The molecule has 1 heterocycles. The van der Waals surface area contributed by atoms with E-state index in [0.29, 0.717) is 0 Å². The molecule has 1 aliphatic carbocycles. The molecular weight excluding hydrogens is 182 g/mol. The largest absolute Gasteiger partial charge is 0.300 e. The molecule has 88 valence electrons. The minimum Gasteiger partial charge on any atom is -0.300 e. The molecule has 0 bridgehead atoms. The van der Waals surface area contributed by atoms with Crippen molar-refractivity contribution < 1.29 is 0 Å². The van der Waals surface area contributed by atoms with Crippen LogP contribution in [0, 0.1) is 11.8 Å². The highest BCUT2D eigenvalue weighted by Gasteiger charge is 2.34. The molecule has 15 heavy (non-hydrogen) atoms. The third kappa shape index (κ3) is 2.55. The first-order chi connectivity index (χ1) is 7.35. The number of nitrogens with zero attached hydrogens (tertiary/aromatic N) is 1. The molecule has 2 unspecified atom stereocenters. The molecule has 2 aliphatic rings. The Morgan fingerprint density at radius 3 is 1.87 bits per heavy atom. The maximum absolute atomic E-state index is 2.82. The molecule has 0 aromatic carbocycles. The van der Waals surface area contributed by atoms with E-state index in [4.69, 9.17) is 0 Å². The molecule has 2 fully saturated rings. The van der Waals surface area contributed by atoms with Crippen LogP contribution in [0.15, 0.2) is 0 Å². The summed E-state index contributed by atoms with van der Waals surface area (Å²) >= 11 is 0. The topological polar surface area (TPSA) is 3.24 Å². The molecule has 0 N–H and O–H groups in total. The van der Waals surface area contributed by atoms with Gasteiger partial charge in [-0.15, -0.1) is 0 Å². The maximum Gasteiger partial charge on any atom is 0.00954 e. The fourth-order valence-electron chi connectivity index (χ4n) is 3.64. The molecule has 0 aromatic heterocycles. The first kappa shape index (κ1) is 11.4. The quantitative estimate of drug-likeness (QED) is 0.685. The van der Waals surface area contributed by atoms with Gasteiger partial charge in [-0.3, -0.25) is 4.90 Å². The second-order valence-electron chi connectivity index (χ2n) is 5.58.